The summed E-state index contributed by atoms with van der Waals surface area (Å²) in [7, 11) is 3.18. The van der Waals surface area contributed by atoms with Crippen molar-refractivity contribution < 1.29 is 76.1 Å². The fourth-order valence-electron chi connectivity index (χ4n) is 7.80. The van der Waals surface area contributed by atoms with Gasteiger partial charge in [0.25, 0.3) is 0 Å². The van der Waals surface area contributed by atoms with Crippen LogP contribution in [0.1, 0.15) is 65.2 Å². The molecule has 0 aromatic carbocycles. The second kappa shape index (κ2) is 26.4. The minimum absolute atomic E-state index is 0.0364. The molecule has 328 valence electrons. The smallest absolute Gasteiger partial charge is 0.338 e. The summed E-state index contributed by atoms with van der Waals surface area (Å²) in [6.45, 7) is 12.5. The Hall–Kier alpha value is -3.67. The summed E-state index contributed by atoms with van der Waals surface area (Å²) >= 11 is 0. The normalized spacial score (nSPS) is 24.2. The van der Waals surface area contributed by atoms with Gasteiger partial charge < -0.3 is 52.1 Å². The molecule has 0 aromatic heterocycles. The first-order chi connectivity index (χ1) is 27.9. The lowest BCUT2D eigenvalue weighted by molar-refractivity contribution is -0.192. The van der Waals surface area contributed by atoms with Crippen molar-refractivity contribution in [3.63, 3.8) is 0 Å². The number of hydrogen-bond donors (Lipinski definition) is 0. The van der Waals surface area contributed by atoms with E-state index in [0.717, 1.165) is 5.57 Å². The molecule has 0 spiro atoms. The number of rotatable bonds is 29. The van der Waals surface area contributed by atoms with Crippen molar-refractivity contribution >= 4 is 29.8 Å². The minimum Gasteiger partial charge on any atom is -0.465 e. The molecule has 2 aliphatic carbocycles. The van der Waals surface area contributed by atoms with Crippen LogP contribution in [0.5, 0.6) is 0 Å². The van der Waals surface area contributed by atoms with Gasteiger partial charge in [-0.2, -0.15) is 0 Å². The second-order valence-electron chi connectivity index (χ2n) is 14.9. The SMILES string of the molecule is C=C1CC[C@@H]2[C@](C)(COC(=O)CCC(=O)OCCOCCOCCOC)[C@H](OC(=O)CCC(=O)OCCOCCOCCOC)CC[C@@]2(C)[C@@H]1/C=C/C1=CCOC1=O. The lowest BCUT2D eigenvalue weighted by Gasteiger charge is -2.59. The monoisotopic (exact) mass is 824 g/mol. The highest BCUT2D eigenvalue weighted by Gasteiger charge is 2.59. The number of carbonyl (C=O) groups is 5. The van der Waals surface area contributed by atoms with E-state index in [-0.39, 0.29) is 88.5 Å². The zero-order chi connectivity index (χ0) is 42.2. The summed E-state index contributed by atoms with van der Waals surface area (Å²) in [5.74, 6) is -2.86. The number of carbonyl (C=O) groups excluding carboxylic acids is 5. The molecule has 16 heteroatoms. The molecule has 2 fully saturated rings. The number of fused-ring (bicyclic) bond motifs is 1. The van der Waals surface area contributed by atoms with E-state index in [2.05, 4.69) is 13.5 Å². The van der Waals surface area contributed by atoms with Gasteiger partial charge in [-0.1, -0.05) is 38.2 Å². The maximum Gasteiger partial charge on any atom is 0.338 e. The molecule has 0 aromatic rings. The van der Waals surface area contributed by atoms with Crippen molar-refractivity contribution in [1.29, 1.82) is 0 Å². The molecule has 3 aliphatic rings. The predicted octanol–water partition coefficient (Wildman–Crippen LogP) is 3.88. The third-order valence-electron chi connectivity index (χ3n) is 10.9. The number of esters is 5. The van der Waals surface area contributed by atoms with Gasteiger partial charge in [0.05, 0.1) is 97.3 Å². The molecule has 0 unspecified atom stereocenters. The number of ether oxygens (including phenoxy) is 11. The summed E-state index contributed by atoms with van der Waals surface area (Å²) in [5, 5.41) is 0. The van der Waals surface area contributed by atoms with Crippen LogP contribution in [0.15, 0.2) is 36.0 Å². The van der Waals surface area contributed by atoms with Crippen molar-refractivity contribution in [2.24, 2.45) is 22.7 Å². The zero-order valence-corrected chi connectivity index (χ0v) is 34.8. The van der Waals surface area contributed by atoms with E-state index >= 15 is 0 Å². The average Bonchev–Trinajstić information content (AvgIpc) is 3.62. The van der Waals surface area contributed by atoms with Gasteiger partial charge in [0.15, 0.2) is 0 Å². The van der Waals surface area contributed by atoms with Gasteiger partial charge in [0.2, 0.25) is 0 Å². The van der Waals surface area contributed by atoms with E-state index in [1.54, 1.807) is 26.4 Å². The molecule has 2 saturated carbocycles. The predicted molar refractivity (Wildman–Crippen MR) is 207 cm³/mol. The average molecular weight is 825 g/mol. The van der Waals surface area contributed by atoms with E-state index < -0.39 is 35.4 Å². The van der Waals surface area contributed by atoms with E-state index in [0.29, 0.717) is 84.1 Å². The van der Waals surface area contributed by atoms with Gasteiger partial charge in [-0.15, -0.1) is 0 Å². The van der Waals surface area contributed by atoms with Crippen LogP contribution in [-0.4, -0.2) is 143 Å². The molecule has 1 heterocycles. The van der Waals surface area contributed by atoms with Crippen molar-refractivity contribution in [2.45, 2.75) is 71.3 Å². The standard InChI is InChI=1S/C42H64O16/c1-31-6-9-34-41(2,33(31)8-7-32-15-17-56-40(32)47)16-14-35(58-39(46)13-12-37(44)55-29-27-53-25-23-51-21-19-49-5)42(34,3)30-57-38(45)11-10-36(43)54-28-26-52-24-22-50-20-18-48-4/h7-8,15,33-35H,1,6,9-14,16-30H2,2-5H3/b8-7+/t33-,34+,35-,41+,42+/m1/s1. The fraction of sp³-hybridized carbons (Fsp3) is 0.738. The third kappa shape index (κ3) is 16.2. The summed E-state index contributed by atoms with van der Waals surface area (Å²) in [5.41, 5.74) is 0.285. The second-order valence-corrected chi connectivity index (χ2v) is 14.9. The van der Waals surface area contributed by atoms with Gasteiger partial charge >= 0.3 is 29.8 Å². The molecule has 58 heavy (non-hydrogen) atoms. The van der Waals surface area contributed by atoms with Crippen LogP contribution in [0.4, 0.5) is 0 Å². The van der Waals surface area contributed by atoms with Gasteiger partial charge in [-0.05, 0) is 43.1 Å². The Bertz CT molecular complexity index is 1390. The summed E-state index contributed by atoms with van der Waals surface area (Å²) in [6.07, 6.45) is 6.66. The third-order valence-corrected chi connectivity index (χ3v) is 10.9. The summed E-state index contributed by atoms with van der Waals surface area (Å²) in [4.78, 5) is 63.2. The Kier molecular flexibility index (Phi) is 22.2. The molecule has 0 saturated heterocycles. The van der Waals surface area contributed by atoms with Crippen LogP contribution in [0.2, 0.25) is 0 Å². The molecular weight excluding hydrogens is 760 g/mol. The summed E-state index contributed by atoms with van der Waals surface area (Å²) in [6, 6.07) is 0. The molecule has 0 radical (unpaired) electrons. The number of methoxy groups -OCH3 is 2. The molecule has 5 atom stereocenters. The fourth-order valence-corrected chi connectivity index (χ4v) is 7.80. The Morgan fingerprint density at radius 3 is 1.74 bits per heavy atom. The van der Waals surface area contributed by atoms with Gasteiger partial charge in [0.1, 0.15) is 32.5 Å². The Morgan fingerprint density at radius 1 is 0.724 bits per heavy atom. The topological polar surface area (TPSA) is 187 Å². The van der Waals surface area contributed by atoms with Crippen molar-refractivity contribution in [1.82, 2.24) is 0 Å². The maximum absolute atomic E-state index is 13.2. The quantitative estimate of drug-likeness (QED) is 0.0458. The van der Waals surface area contributed by atoms with E-state index in [4.69, 9.17) is 52.1 Å². The molecule has 0 N–H and O–H groups in total. The number of cyclic esters (lactones) is 1. The van der Waals surface area contributed by atoms with Crippen molar-refractivity contribution in [2.75, 3.05) is 107 Å². The van der Waals surface area contributed by atoms with Crippen molar-refractivity contribution in [3.8, 4) is 0 Å². The van der Waals surface area contributed by atoms with E-state index in [9.17, 15) is 24.0 Å². The van der Waals surface area contributed by atoms with Crippen LogP contribution >= 0.6 is 0 Å². The van der Waals surface area contributed by atoms with Crippen LogP contribution in [0.3, 0.4) is 0 Å². The molecule has 0 amide bonds. The number of hydrogen-bond acceptors (Lipinski definition) is 16. The molecule has 3 rings (SSSR count). The Morgan fingerprint density at radius 2 is 1.22 bits per heavy atom. The highest BCUT2D eigenvalue weighted by molar-refractivity contribution is 5.93. The van der Waals surface area contributed by atoms with E-state index in [1.165, 1.54) is 0 Å². The first-order valence-electron chi connectivity index (χ1n) is 20.1. The Balaban J connectivity index is 1.57. The van der Waals surface area contributed by atoms with Gasteiger partial charge in [-0.25, -0.2) is 4.79 Å². The first-order valence-corrected chi connectivity index (χ1v) is 20.1. The minimum atomic E-state index is -0.840. The molecule has 16 nitrogen and oxygen atoms in total. The molecule has 0 bridgehead atoms. The van der Waals surface area contributed by atoms with Gasteiger partial charge in [-0.3, -0.25) is 19.2 Å². The molecule has 1 aliphatic heterocycles. The van der Waals surface area contributed by atoms with Crippen LogP contribution in [0, 0.1) is 22.7 Å². The van der Waals surface area contributed by atoms with E-state index in [1.807, 2.05) is 13.0 Å². The highest BCUT2D eigenvalue weighted by atomic mass is 16.6. The zero-order valence-electron chi connectivity index (χ0n) is 34.8. The summed E-state index contributed by atoms with van der Waals surface area (Å²) < 4.78 is 58.7. The Labute approximate surface area is 342 Å². The maximum atomic E-state index is 13.2. The lowest BCUT2D eigenvalue weighted by Crippen LogP contribution is -2.58. The highest BCUT2D eigenvalue weighted by Crippen LogP contribution is 2.62. The van der Waals surface area contributed by atoms with Crippen LogP contribution < -0.4 is 0 Å². The van der Waals surface area contributed by atoms with Crippen molar-refractivity contribution in [3.05, 3.63) is 36.0 Å². The largest absolute Gasteiger partial charge is 0.465 e. The first kappa shape index (κ1) is 48.7. The van der Waals surface area contributed by atoms with Gasteiger partial charge in [0, 0.05) is 25.6 Å². The van der Waals surface area contributed by atoms with Crippen LogP contribution in [-0.2, 0) is 76.1 Å². The molecular formula is C42H64O16. The van der Waals surface area contributed by atoms with Crippen LogP contribution in [0.25, 0.3) is 0 Å². The number of allylic oxidation sites excluding steroid dienone is 2. The lowest BCUT2D eigenvalue weighted by atomic mass is 9.46.